The number of nitrogens with zero attached hydrogens (tertiary/aromatic N) is 2. The van der Waals surface area contributed by atoms with Crippen LogP contribution in [-0.4, -0.2) is 78.0 Å². The van der Waals surface area contributed by atoms with Gasteiger partial charge < -0.3 is 15.0 Å². The van der Waals surface area contributed by atoms with Gasteiger partial charge in [0.25, 0.3) is 5.91 Å². The monoisotopic (exact) mass is 368 g/mol. The Morgan fingerprint density at radius 2 is 1.88 bits per heavy atom. The molecule has 1 spiro atoms. The van der Waals surface area contributed by atoms with E-state index < -0.39 is 29.5 Å². The van der Waals surface area contributed by atoms with E-state index in [1.165, 1.54) is 0 Å². The first-order valence-corrected chi connectivity index (χ1v) is 9.18. The van der Waals surface area contributed by atoms with Crippen LogP contribution >= 0.6 is 0 Å². The maximum atomic E-state index is 12.7. The lowest BCUT2D eigenvalue weighted by atomic mass is 9.96. The summed E-state index contributed by atoms with van der Waals surface area (Å²) in [4.78, 5) is 52.3. The molecule has 9 heteroatoms. The molecular formula is C17H28N4O5. The Morgan fingerprint density at radius 3 is 2.38 bits per heavy atom. The van der Waals surface area contributed by atoms with Gasteiger partial charge in [-0.1, -0.05) is 13.8 Å². The van der Waals surface area contributed by atoms with Gasteiger partial charge in [-0.05, 0) is 19.8 Å². The highest BCUT2D eigenvalue weighted by Crippen LogP contribution is 2.30. The van der Waals surface area contributed by atoms with Crippen LogP contribution in [0.15, 0.2) is 0 Å². The number of carbonyl (C=O) groups excluding carboxylic acids is 4. The first-order chi connectivity index (χ1) is 12.4. The molecule has 2 saturated heterocycles. The number of nitrogens with one attached hydrogen (secondary N) is 2. The normalized spacial score (nSPS) is 25.3. The summed E-state index contributed by atoms with van der Waals surface area (Å²) in [7, 11) is 0. The van der Waals surface area contributed by atoms with Gasteiger partial charge in [0.15, 0.2) is 0 Å². The molecule has 146 valence electrons. The van der Waals surface area contributed by atoms with E-state index in [0.29, 0.717) is 13.1 Å². The fourth-order valence-corrected chi connectivity index (χ4v) is 3.58. The second-order valence-corrected chi connectivity index (χ2v) is 6.75. The highest BCUT2D eigenvalue weighted by Gasteiger charge is 2.56. The average molecular weight is 368 g/mol. The molecule has 26 heavy (non-hydrogen) atoms. The predicted molar refractivity (Wildman–Crippen MR) is 93.2 cm³/mol. The molecule has 2 aliphatic heterocycles. The first-order valence-electron chi connectivity index (χ1n) is 9.18. The second-order valence-electron chi connectivity index (χ2n) is 6.75. The van der Waals surface area contributed by atoms with Crippen molar-refractivity contribution in [3.05, 3.63) is 0 Å². The van der Waals surface area contributed by atoms with E-state index in [2.05, 4.69) is 10.6 Å². The molecule has 2 aliphatic rings. The molecule has 0 aromatic carbocycles. The number of hydrogen-bond donors (Lipinski definition) is 2. The molecule has 2 fully saturated rings. The Hall–Kier alpha value is -2.16. The minimum absolute atomic E-state index is 0.00831. The van der Waals surface area contributed by atoms with Gasteiger partial charge in [-0.25, -0.2) is 4.79 Å². The van der Waals surface area contributed by atoms with E-state index in [-0.39, 0.29) is 32.0 Å². The van der Waals surface area contributed by atoms with E-state index in [1.54, 1.807) is 16.7 Å². The minimum Gasteiger partial charge on any atom is -0.465 e. The van der Waals surface area contributed by atoms with Gasteiger partial charge >= 0.3 is 12.0 Å². The summed E-state index contributed by atoms with van der Waals surface area (Å²) >= 11 is 0. The largest absolute Gasteiger partial charge is 0.465 e. The summed E-state index contributed by atoms with van der Waals surface area (Å²) in [5, 5.41) is 4.83. The van der Waals surface area contributed by atoms with Crippen molar-refractivity contribution in [3.8, 4) is 0 Å². The number of ether oxygens (including phenoxy) is 1. The summed E-state index contributed by atoms with van der Waals surface area (Å²) < 4.78 is 5.11. The van der Waals surface area contributed by atoms with Crippen LogP contribution in [0.1, 0.15) is 40.0 Å². The third-order valence-electron chi connectivity index (χ3n) is 4.71. The molecular weight excluding hydrogens is 340 g/mol. The molecule has 0 aliphatic carbocycles. The van der Waals surface area contributed by atoms with E-state index >= 15 is 0 Å². The number of amides is 4. The fourth-order valence-electron chi connectivity index (χ4n) is 3.58. The quantitative estimate of drug-likeness (QED) is 0.456. The SMILES string of the molecule is CCCN(CCC)C(=O)CN1CC2(CC1C(=O)OCC)NC(=O)NC2=O. The molecule has 0 bridgehead atoms. The number of likely N-dealkylation sites (tertiary alicyclic amines) is 1. The van der Waals surface area contributed by atoms with Crippen molar-refractivity contribution in [2.75, 3.05) is 32.8 Å². The van der Waals surface area contributed by atoms with Gasteiger partial charge in [0.1, 0.15) is 11.6 Å². The molecule has 0 aromatic heterocycles. The molecule has 0 radical (unpaired) electrons. The first kappa shape index (κ1) is 20.2. The zero-order chi connectivity index (χ0) is 19.3. The number of urea groups is 1. The second kappa shape index (κ2) is 8.48. The standard InChI is InChI=1S/C17H28N4O5/c1-4-7-20(8-5-2)13(22)10-21-11-17(15(24)18-16(25)19-17)9-12(21)14(23)26-6-3/h12H,4-11H2,1-3H3,(H2,18,19,24,25). The molecule has 2 unspecified atom stereocenters. The number of imide groups is 1. The lowest BCUT2D eigenvalue weighted by Gasteiger charge is -2.27. The van der Waals surface area contributed by atoms with Crippen LogP contribution in [0, 0.1) is 0 Å². The Balaban J connectivity index is 2.17. The summed E-state index contributed by atoms with van der Waals surface area (Å²) in [6.07, 6.45) is 1.78. The van der Waals surface area contributed by atoms with Crippen LogP contribution in [0.25, 0.3) is 0 Å². The lowest BCUT2D eigenvalue weighted by molar-refractivity contribution is -0.149. The van der Waals surface area contributed by atoms with Gasteiger partial charge in [0, 0.05) is 26.1 Å². The van der Waals surface area contributed by atoms with E-state index in [0.717, 1.165) is 12.8 Å². The molecule has 2 N–H and O–H groups in total. The number of carbonyl (C=O) groups is 4. The average Bonchev–Trinajstić information content (AvgIpc) is 3.07. The summed E-state index contributed by atoms with van der Waals surface area (Å²) in [5.41, 5.74) is -1.19. The van der Waals surface area contributed by atoms with Crippen LogP contribution in [0.2, 0.25) is 0 Å². The third kappa shape index (κ3) is 4.14. The molecule has 4 amide bonds. The van der Waals surface area contributed by atoms with Crippen LogP contribution in [0.5, 0.6) is 0 Å². The van der Waals surface area contributed by atoms with Gasteiger partial charge in [-0.15, -0.1) is 0 Å². The predicted octanol–water partition coefficient (Wildman–Crippen LogP) is -0.149. The number of rotatable bonds is 8. The Kier molecular flexibility index (Phi) is 6.57. The molecule has 9 nitrogen and oxygen atoms in total. The van der Waals surface area contributed by atoms with Crippen molar-refractivity contribution in [2.45, 2.75) is 51.6 Å². The van der Waals surface area contributed by atoms with Gasteiger partial charge in [-0.2, -0.15) is 0 Å². The van der Waals surface area contributed by atoms with Crippen LogP contribution < -0.4 is 10.6 Å². The minimum atomic E-state index is -1.19. The zero-order valence-corrected chi connectivity index (χ0v) is 15.7. The lowest BCUT2D eigenvalue weighted by Crippen LogP contribution is -2.50. The maximum Gasteiger partial charge on any atom is 0.323 e. The summed E-state index contributed by atoms with van der Waals surface area (Å²) in [6.45, 7) is 7.31. The van der Waals surface area contributed by atoms with Gasteiger partial charge in [0.05, 0.1) is 13.2 Å². The van der Waals surface area contributed by atoms with Crippen molar-refractivity contribution in [3.63, 3.8) is 0 Å². The van der Waals surface area contributed by atoms with Crippen molar-refractivity contribution < 1.29 is 23.9 Å². The van der Waals surface area contributed by atoms with Crippen molar-refractivity contribution in [1.29, 1.82) is 0 Å². The topological polar surface area (TPSA) is 108 Å². The highest BCUT2D eigenvalue weighted by atomic mass is 16.5. The van der Waals surface area contributed by atoms with Crippen LogP contribution in [-0.2, 0) is 19.1 Å². The highest BCUT2D eigenvalue weighted by molar-refractivity contribution is 6.08. The van der Waals surface area contributed by atoms with E-state index in [4.69, 9.17) is 4.74 Å². The van der Waals surface area contributed by atoms with Crippen LogP contribution in [0.4, 0.5) is 4.79 Å². The molecule has 2 atom stereocenters. The maximum absolute atomic E-state index is 12.7. The van der Waals surface area contributed by atoms with Crippen molar-refractivity contribution >= 4 is 23.8 Å². The Bertz CT molecular complexity index is 576. The molecule has 0 aromatic rings. The summed E-state index contributed by atoms with van der Waals surface area (Å²) in [5.74, 6) is -1.04. The van der Waals surface area contributed by atoms with E-state index in [1.807, 2.05) is 13.8 Å². The van der Waals surface area contributed by atoms with Gasteiger partial charge in [0.2, 0.25) is 5.91 Å². The molecule has 0 saturated carbocycles. The van der Waals surface area contributed by atoms with Crippen molar-refractivity contribution in [1.82, 2.24) is 20.4 Å². The van der Waals surface area contributed by atoms with Crippen molar-refractivity contribution in [2.24, 2.45) is 0 Å². The summed E-state index contributed by atoms with van der Waals surface area (Å²) in [6, 6.07) is -1.32. The fraction of sp³-hybridized carbons (Fsp3) is 0.765. The van der Waals surface area contributed by atoms with E-state index in [9.17, 15) is 19.2 Å². The molecule has 2 heterocycles. The third-order valence-corrected chi connectivity index (χ3v) is 4.71. The molecule has 2 rings (SSSR count). The smallest absolute Gasteiger partial charge is 0.323 e. The van der Waals surface area contributed by atoms with Crippen LogP contribution in [0.3, 0.4) is 0 Å². The number of hydrogen-bond acceptors (Lipinski definition) is 6. The zero-order valence-electron chi connectivity index (χ0n) is 15.7. The van der Waals surface area contributed by atoms with Gasteiger partial charge in [-0.3, -0.25) is 24.6 Å². The number of esters is 1. The Morgan fingerprint density at radius 1 is 1.23 bits per heavy atom. The Labute approximate surface area is 153 Å².